The lowest BCUT2D eigenvalue weighted by Gasteiger charge is -2.35. The topological polar surface area (TPSA) is 0 Å². The first-order chi connectivity index (χ1) is 14.8. The van der Waals surface area contributed by atoms with E-state index >= 15 is 0 Å². The lowest BCUT2D eigenvalue weighted by molar-refractivity contribution is 0.912. The van der Waals surface area contributed by atoms with Crippen LogP contribution in [-0.2, 0) is 0 Å². The summed E-state index contributed by atoms with van der Waals surface area (Å²) >= 11 is 0. The Morgan fingerprint density at radius 2 is 0.567 bits per heavy atom. The van der Waals surface area contributed by atoms with Gasteiger partial charge < -0.3 is 0 Å². The van der Waals surface area contributed by atoms with E-state index in [0.29, 0.717) is 11.3 Å². The highest BCUT2D eigenvalue weighted by Crippen LogP contribution is 2.51. The number of rotatable bonds is 7. The van der Waals surface area contributed by atoms with E-state index in [9.17, 15) is 0 Å². The molecule has 0 bridgehead atoms. The van der Waals surface area contributed by atoms with Crippen molar-refractivity contribution in [3.63, 3.8) is 0 Å². The Bertz CT molecular complexity index is 851. The van der Waals surface area contributed by atoms with Crippen molar-refractivity contribution in [2.24, 2.45) is 0 Å². The molecule has 0 spiro atoms. The van der Waals surface area contributed by atoms with Crippen molar-refractivity contribution < 1.29 is 0 Å². The maximum atomic E-state index is 2.47. The highest BCUT2D eigenvalue weighted by Gasteiger charge is 2.31. The summed E-state index contributed by atoms with van der Waals surface area (Å²) in [6, 6.07) is 44.5. The molecule has 0 saturated carbocycles. The van der Waals surface area contributed by atoms with Crippen molar-refractivity contribution in [3.05, 3.63) is 121 Å². The zero-order valence-corrected chi connectivity index (χ0v) is 19.4. The van der Waals surface area contributed by atoms with Crippen LogP contribution in [0.4, 0.5) is 0 Å². The van der Waals surface area contributed by atoms with Crippen molar-refractivity contribution in [2.45, 2.75) is 25.2 Å². The van der Waals surface area contributed by atoms with E-state index in [1.54, 1.807) is 0 Å². The van der Waals surface area contributed by atoms with E-state index in [1.165, 1.54) is 21.2 Å². The summed E-state index contributed by atoms with van der Waals surface area (Å²) in [6.45, 7) is 4.94. The van der Waals surface area contributed by atoms with Gasteiger partial charge in [0.1, 0.15) is 0 Å². The smallest absolute Gasteiger partial charge is 0.00861 e. The third kappa shape index (κ3) is 4.73. The zero-order valence-electron chi connectivity index (χ0n) is 17.6. The second-order valence-electron chi connectivity index (χ2n) is 7.56. The quantitative estimate of drug-likeness (QED) is 0.317. The average molecular weight is 426 g/mol. The Labute approximate surface area is 183 Å². The van der Waals surface area contributed by atoms with Crippen LogP contribution in [0.3, 0.4) is 0 Å². The molecule has 4 aromatic rings. The first-order valence-electron chi connectivity index (χ1n) is 10.5. The van der Waals surface area contributed by atoms with Gasteiger partial charge in [-0.15, -0.1) is 0 Å². The maximum absolute atomic E-state index is 2.47. The second-order valence-corrected chi connectivity index (χ2v) is 12.7. The van der Waals surface area contributed by atoms with Gasteiger partial charge in [0.2, 0.25) is 0 Å². The summed E-state index contributed by atoms with van der Waals surface area (Å²) in [5.41, 5.74) is 1.10. The summed E-state index contributed by atoms with van der Waals surface area (Å²) in [5.74, 6) is 0. The van der Waals surface area contributed by atoms with Crippen LogP contribution in [0.15, 0.2) is 121 Å². The second kappa shape index (κ2) is 10.2. The first kappa shape index (κ1) is 21.0. The molecule has 4 rings (SSSR count). The van der Waals surface area contributed by atoms with Crippen molar-refractivity contribution in [1.29, 1.82) is 0 Å². The Morgan fingerprint density at radius 3 is 0.767 bits per heavy atom. The normalized spacial score (nSPS) is 13.3. The predicted molar refractivity (Wildman–Crippen MR) is 137 cm³/mol. The van der Waals surface area contributed by atoms with E-state index in [0.717, 1.165) is 0 Å². The van der Waals surface area contributed by atoms with Crippen LogP contribution in [0.1, 0.15) is 13.8 Å². The lowest BCUT2D eigenvalue weighted by Crippen LogP contribution is -2.31. The van der Waals surface area contributed by atoms with E-state index < -0.39 is 15.8 Å². The van der Waals surface area contributed by atoms with Gasteiger partial charge >= 0.3 is 0 Å². The molecule has 0 amide bonds. The van der Waals surface area contributed by atoms with Crippen molar-refractivity contribution in [1.82, 2.24) is 0 Å². The van der Waals surface area contributed by atoms with Gasteiger partial charge in [0.25, 0.3) is 0 Å². The molecular weight excluding hydrogens is 398 g/mol. The lowest BCUT2D eigenvalue weighted by atomic mass is 10.3. The Hall–Kier alpha value is -2.26. The van der Waals surface area contributed by atoms with Gasteiger partial charge in [0.15, 0.2) is 0 Å². The summed E-state index contributed by atoms with van der Waals surface area (Å²) < 4.78 is 0. The molecule has 0 N–H and O–H groups in total. The fourth-order valence-electron chi connectivity index (χ4n) is 4.02. The molecule has 0 aliphatic rings. The summed E-state index contributed by atoms with van der Waals surface area (Å²) in [4.78, 5) is 0. The third-order valence-corrected chi connectivity index (χ3v) is 11.8. The molecule has 0 aliphatic carbocycles. The Morgan fingerprint density at radius 1 is 0.367 bits per heavy atom. The van der Waals surface area contributed by atoms with Crippen LogP contribution in [0, 0.1) is 0 Å². The standard InChI is InChI=1S/C28H28P2/c1-23(29(25-15-7-3-8-16-25)26-17-9-4-10-18-26)24(2)30(27-19-11-5-12-20-27)28-21-13-6-14-22-28/h3-24H,1-2H3. The molecule has 0 aromatic heterocycles. The van der Waals surface area contributed by atoms with Gasteiger partial charge in [0.05, 0.1) is 0 Å². The highest BCUT2D eigenvalue weighted by molar-refractivity contribution is 7.77. The van der Waals surface area contributed by atoms with Gasteiger partial charge in [0, 0.05) is 0 Å². The molecular formula is C28H28P2. The molecule has 2 heteroatoms. The Balaban J connectivity index is 1.77. The molecule has 0 radical (unpaired) electrons. The van der Waals surface area contributed by atoms with Crippen LogP contribution in [-0.4, -0.2) is 11.3 Å². The van der Waals surface area contributed by atoms with Gasteiger partial charge in [-0.3, -0.25) is 0 Å². The van der Waals surface area contributed by atoms with Crippen molar-refractivity contribution in [3.8, 4) is 0 Å². The summed E-state index contributed by atoms with van der Waals surface area (Å²) in [7, 11) is -0.897. The molecule has 0 aliphatic heterocycles. The van der Waals surface area contributed by atoms with Crippen molar-refractivity contribution >= 4 is 37.1 Å². The SMILES string of the molecule is CC(C(C)P(c1ccccc1)c1ccccc1)P(c1ccccc1)c1ccccc1. The van der Waals surface area contributed by atoms with Crippen LogP contribution >= 0.6 is 15.8 Å². The monoisotopic (exact) mass is 426 g/mol. The fraction of sp³-hybridized carbons (Fsp3) is 0.143. The highest BCUT2D eigenvalue weighted by atomic mass is 31.1. The summed E-state index contributed by atoms with van der Waals surface area (Å²) in [5, 5.41) is 5.87. The van der Waals surface area contributed by atoms with Crippen molar-refractivity contribution in [2.75, 3.05) is 0 Å². The molecule has 2 unspecified atom stereocenters. The molecule has 30 heavy (non-hydrogen) atoms. The first-order valence-corrected chi connectivity index (χ1v) is 13.4. The van der Waals surface area contributed by atoms with Crippen LogP contribution in [0.2, 0.25) is 0 Å². The molecule has 4 aromatic carbocycles. The number of hydrogen-bond donors (Lipinski definition) is 0. The molecule has 2 atom stereocenters. The van der Waals surface area contributed by atoms with E-state index in [-0.39, 0.29) is 0 Å². The zero-order chi connectivity index (χ0) is 20.8. The van der Waals surface area contributed by atoms with E-state index in [4.69, 9.17) is 0 Å². The number of hydrogen-bond acceptors (Lipinski definition) is 0. The molecule has 0 saturated heterocycles. The van der Waals surface area contributed by atoms with Gasteiger partial charge in [-0.25, -0.2) is 0 Å². The van der Waals surface area contributed by atoms with Gasteiger partial charge in [-0.2, -0.15) is 0 Å². The fourth-order valence-corrected chi connectivity index (χ4v) is 10.1. The van der Waals surface area contributed by atoms with Crippen LogP contribution in [0.5, 0.6) is 0 Å². The third-order valence-electron chi connectivity index (χ3n) is 5.65. The van der Waals surface area contributed by atoms with E-state index in [2.05, 4.69) is 135 Å². The molecule has 0 heterocycles. The maximum Gasteiger partial charge on any atom is -0.00861 e. The van der Waals surface area contributed by atoms with E-state index in [1.807, 2.05) is 0 Å². The Kier molecular flexibility index (Phi) is 7.11. The van der Waals surface area contributed by atoms with Crippen LogP contribution < -0.4 is 21.2 Å². The van der Waals surface area contributed by atoms with Crippen LogP contribution in [0.25, 0.3) is 0 Å². The minimum Gasteiger partial charge on any atom is -0.0622 e. The minimum atomic E-state index is -0.448. The molecule has 0 nitrogen and oxygen atoms in total. The largest absolute Gasteiger partial charge is 0.0622 e. The predicted octanol–water partition coefficient (Wildman–Crippen LogP) is 6.03. The summed E-state index contributed by atoms with van der Waals surface area (Å²) in [6.07, 6.45) is 0. The van der Waals surface area contributed by atoms with Gasteiger partial charge in [-0.1, -0.05) is 135 Å². The molecule has 0 fully saturated rings. The number of benzene rings is 4. The minimum absolute atomic E-state index is 0.448. The average Bonchev–Trinajstić information content (AvgIpc) is 2.82. The van der Waals surface area contributed by atoms with Gasteiger partial charge in [-0.05, 0) is 48.4 Å². The molecule has 150 valence electrons.